The monoisotopic (exact) mass is 321 g/mol. The van der Waals surface area contributed by atoms with Gasteiger partial charge in [0.15, 0.2) is 11.6 Å². The number of aliphatic hydroxyl groups excluding tert-OH is 1. The maximum absolute atomic E-state index is 13.7. The van der Waals surface area contributed by atoms with Crippen LogP contribution in [0.15, 0.2) is 24.4 Å². The molecular formula is C17H21F2N3O. The maximum atomic E-state index is 13.7. The van der Waals surface area contributed by atoms with Crippen molar-refractivity contribution in [2.75, 3.05) is 13.2 Å². The van der Waals surface area contributed by atoms with E-state index in [2.05, 4.69) is 10.4 Å². The van der Waals surface area contributed by atoms with Gasteiger partial charge in [-0.25, -0.2) is 8.78 Å². The van der Waals surface area contributed by atoms with E-state index in [1.807, 2.05) is 10.9 Å². The van der Waals surface area contributed by atoms with Crippen LogP contribution in [0, 0.1) is 11.6 Å². The summed E-state index contributed by atoms with van der Waals surface area (Å²) in [5, 5.41) is 16.8. The van der Waals surface area contributed by atoms with E-state index in [1.54, 1.807) is 6.07 Å². The van der Waals surface area contributed by atoms with Crippen LogP contribution in [0.2, 0.25) is 0 Å². The van der Waals surface area contributed by atoms with E-state index in [9.17, 15) is 8.78 Å². The molecule has 0 radical (unpaired) electrons. The second kappa shape index (κ2) is 7.19. The fourth-order valence-electron chi connectivity index (χ4n) is 3.24. The van der Waals surface area contributed by atoms with Crippen molar-refractivity contribution in [3.8, 4) is 0 Å². The molecule has 0 amide bonds. The molecule has 1 aromatic carbocycles. The number of nitrogens with zero attached hydrogens (tertiary/aromatic N) is 2. The first-order valence-electron chi connectivity index (χ1n) is 8.02. The van der Waals surface area contributed by atoms with Crippen molar-refractivity contribution in [2.45, 2.75) is 38.3 Å². The fraction of sp³-hybridized carbons (Fsp3) is 0.471. The minimum atomic E-state index is -0.798. The van der Waals surface area contributed by atoms with Gasteiger partial charge in [0.25, 0.3) is 0 Å². The molecule has 0 saturated heterocycles. The number of rotatable bonds is 6. The number of aromatic nitrogens is 2. The lowest BCUT2D eigenvalue weighted by atomic mass is 9.93. The summed E-state index contributed by atoms with van der Waals surface area (Å²) in [6.45, 7) is 1.16. The second-order valence-corrected chi connectivity index (χ2v) is 5.86. The van der Waals surface area contributed by atoms with Gasteiger partial charge >= 0.3 is 0 Å². The Morgan fingerprint density at radius 1 is 1.35 bits per heavy atom. The number of nitrogens with one attached hydrogen (secondary N) is 1. The molecule has 0 spiro atoms. The molecule has 0 bridgehead atoms. The van der Waals surface area contributed by atoms with E-state index >= 15 is 0 Å². The third-order valence-corrected chi connectivity index (χ3v) is 4.39. The van der Waals surface area contributed by atoms with Crippen LogP contribution < -0.4 is 5.32 Å². The molecule has 0 aliphatic heterocycles. The van der Waals surface area contributed by atoms with E-state index in [4.69, 9.17) is 5.11 Å². The van der Waals surface area contributed by atoms with Crippen LogP contribution in [-0.2, 0) is 19.4 Å². The molecule has 3 rings (SSSR count). The number of benzene rings is 1. The van der Waals surface area contributed by atoms with Crippen molar-refractivity contribution in [3.63, 3.8) is 0 Å². The van der Waals surface area contributed by atoms with Crippen LogP contribution in [0.1, 0.15) is 35.7 Å². The van der Waals surface area contributed by atoms with Gasteiger partial charge in [-0.2, -0.15) is 5.10 Å². The zero-order valence-corrected chi connectivity index (χ0v) is 12.9. The SMILES string of the molecule is OCCn1ncc2c1CCCC2NCCc1cccc(F)c1F. The summed E-state index contributed by atoms with van der Waals surface area (Å²) >= 11 is 0. The summed E-state index contributed by atoms with van der Waals surface area (Å²) in [6.07, 6.45) is 5.32. The van der Waals surface area contributed by atoms with Crippen molar-refractivity contribution >= 4 is 0 Å². The predicted octanol–water partition coefficient (Wildman–Crippen LogP) is 2.36. The number of hydrogen-bond acceptors (Lipinski definition) is 3. The number of aliphatic hydroxyl groups is 1. The molecule has 2 aromatic rings. The molecule has 6 heteroatoms. The van der Waals surface area contributed by atoms with Crippen molar-refractivity contribution in [1.29, 1.82) is 0 Å². The quantitative estimate of drug-likeness (QED) is 0.859. The van der Waals surface area contributed by atoms with Crippen LogP contribution in [0.5, 0.6) is 0 Å². The molecule has 4 nitrogen and oxygen atoms in total. The maximum Gasteiger partial charge on any atom is 0.162 e. The number of fused-ring (bicyclic) bond motifs is 1. The van der Waals surface area contributed by atoms with Gasteiger partial charge in [0.2, 0.25) is 0 Å². The van der Waals surface area contributed by atoms with Gasteiger partial charge in [0.1, 0.15) is 0 Å². The summed E-state index contributed by atoms with van der Waals surface area (Å²) in [5.41, 5.74) is 2.72. The second-order valence-electron chi connectivity index (χ2n) is 5.86. The first-order valence-corrected chi connectivity index (χ1v) is 8.02. The van der Waals surface area contributed by atoms with Gasteiger partial charge in [0, 0.05) is 17.3 Å². The summed E-state index contributed by atoms with van der Waals surface area (Å²) in [6, 6.07) is 4.47. The molecule has 0 fully saturated rings. The summed E-state index contributed by atoms with van der Waals surface area (Å²) < 4.78 is 28.7. The Hall–Kier alpha value is -1.79. The van der Waals surface area contributed by atoms with Gasteiger partial charge in [-0.3, -0.25) is 4.68 Å². The Morgan fingerprint density at radius 3 is 3.04 bits per heavy atom. The smallest absolute Gasteiger partial charge is 0.162 e. The summed E-state index contributed by atoms with van der Waals surface area (Å²) in [4.78, 5) is 0. The molecule has 1 heterocycles. The van der Waals surface area contributed by atoms with E-state index < -0.39 is 11.6 Å². The van der Waals surface area contributed by atoms with Crippen LogP contribution in [0.3, 0.4) is 0 Å². The molecule has 0 saturated carbocycles. The molecular weight excluding hydrogens is 300 g/mol. The van der Waals surface area contributed by atoms with Crippen molar-refractivity contribution in [3.05, 3.63) is 52.9 Å². The zero-order valence-electron chi connectivity index (χ0n) is 12.9. The van der Waals surface area contributed by atoms with Gasteiger partial charge in [-0.05, 0) is 43.9 Å². The lowest BCUT2D eigenvalue weighted by Crippen LogP contribution is -2.27. The largest absolute Gasteiger partial charge is 0.394 e. The lowest BCUT2D eigenvalue weighted by Gasteiger charge is -2.24. The third kappa shape index (κ3) is 3.43. The third-order valence-electron chi connectivity index (χ3n) is 4.39. The normalized spacial score (nSPS) is 17.3. The Bertz CT molecular complexity index is 672. The highest BCUT2D eigenvalue weighted by Gasteiger charge is 2.23. The minimum Gasteiger partial charge on any atom is -0.394 e. The average molecular weight is 321 g/mol. The van der Waals surface area contributed by atoms with Crippen LogP contribution in [-0.4, -0.2) is 28.0 Å². The van der Waals surface area contributed by atoms with Crippen LogP contribution >= 0.6 is 0 Å². The molecule has 1 unspecified atom stereocenters. The summed E-state index contributed by atoms with van der Waals surface area (Å²) in [5.74, 6) is -1.55. The van der Waals surface area contributed by atoms with E-state index in [0.29, 0.717) is 25.1 Å². The van der Waals surface area contributed by atoms with E-state index in [1.165, 1.54) is 11.8 Å². The molecule has 1 aromatic heterocycles. The predicted molar refractivity (Wildman–Crippen MR) is 83.1 cm³/mol. The molecule has 2 N–H and O–H groups in total. The first-order chi connectivity index (χ1) is 11.2. The first kappa shape index (κ1) is 16.1. The highest BCUT2D eigenvalue weighted by atomic mass is 19.2. The van der Waals surface area contributed by atoms with Gasteiger partial charge in [-0.1, -0.05) is 12.1 Å². The molecule has 1 atom stereocenters. The number of halogens is 2. The topological polar surface area (TPSA) is 50.1 Å². The van der Waals surface area contributed by atoms with Crippen molar-refractivity contribution in [2.24, 2.45) is 0 Å². The highest BCUT2D eigenvalue weighted by molar-refractivity contribution is 5.25. The number of hydrogen-bond donors (Lipinski definition) is 2. The van der Waals surface area contributed by atoms with Gasteiger partial charge in [0.05, 0.1) is 19.3 Å². The van der Waals surface area contributed by atoms with Crippen LogP contribution in [0.4, 0.5) is 8.78 Å². The fourth-order valence-corrected chi connectivity index (χ4v) is 3.24. The zero-order chi connectivity index (χ0) is 16.2. The van der Waals surface area contributed by atoms with Crippen LogP contribution in [0.25, 0.3) is 0 Å². The van der Waals surface area contributed by atoms with E-state index in [0.717, 1.165) is 30.9 Å². The van der Waals surface area contributed by atoms with Crippen molar-refractivity contribution < 1.29 is 13.9 Å². The molecule has 1 aliphatic carbocycles. The highest BCUT2D eigenvalue weighted by Crippen LogP contribution is 2.29. The Morgan fingerprint density at radius 2 is 2.22 bits per heavy atom. The Kier molecular flexibility index (Phi) is 5.03. The van der Waals surface area contributed by atoms with Gasteiger partial charge in [-0.15, -0.1) is 0 Å². The van der Waals surface area contributed by atoms with Crippen molar-refractivity contribution in [1.82, 2.24) is 15.1 Å². The standard InChI is InChI=1S/C17H21F2N3O/c18-14-4-1-3-12(17(14)19)7-8-20-15-5-2-6-16-13(15)11-21-22(16)9-10-23/h1,3-4,11,15,20,23H,2,5-10H2. The molecule has 1 aliphatic rings. The average Bonchev–Trinajstić information content (AvgIpc) is 2.96. The lowest BCUT2D eigenvalue weighted by molar-refractivity contribution is 0.266. The Balaban J connectivity index is 1.63. The minimum absolute atomic E-state index is 0.0745. The van der Waals surface area contributed by atoms with Gasteiger partial charge < -0.3 is 10.4 Å². The molecule has 124 valence electrons. The van der Waals surface area contributed by atoms with E-state index in [-0.39, 0.29) is 12.6 Å². The summed E-state index contributed by atoms with van der Waals surface area (Å²) in [7, 11) is 0. The molecule has 23 heavy (non-hydrogen) atoms. The Labute approximate surface area is 134 Å².